The number of hydrogen-bond donors (Lipinski definition) is 2. The Hall–Kier alpha value is -3.00. The average molecular weight is 386 g/mol. The predicted octanol–water partition coefficient (Wildman–Crippen LogP) is 1.11. The van der Waals surface area contributed by atoms with E-state index in [4.69, 9.17) is 9.68 Å². The summed E-state index contributed by atoms with van der Waals surface area (Å²) >= 11 is 0. The molecule has 27 heavy (non-hydrogen) atoms. The van der Waals surface area contributed by atoms with E-state index in [1.54, 1.807) is 6.07 Å². The van der Waals surface area contributed by atoms with Crippen LogP contribution >= 0.6 is 0 Å². The third-order valence-electron chi connectivity index (χ3n) is 4.17. The standard InChI is InChI=1S/C16H17F3N4O4/c1-9-4-5-11(27-9)15(26,16(17,18)19)6-7-21-12-10(8-20)13(24)23(3)14(25)22(12)2/h4-5,21,26H,6-7H2,1-3H3/t15-/m0/s1. The molecule has 0 saturated carbocycles. The predicted molar refractivity (Wildman–Crippen MR) is 88.1 cm³/mol. The van der Waals surface area contributed by atoms with Gasteiger partial charge in [0, 0.05) is 27.1 Å². The third kappa shape index (κ3) is 3.48. The van der Waals surface area contributed by atoms with Crippen LogP contribution in [0.2, 0.25) is 0 Å². The minimum Gasteiger partial charge on any atom is -0.463 e. The van der Waals surface area contributed by atoms with E-state index in [0.29, 0.717) is 4.57 Å². The van der Waals surface area contributed by atoms with Gasteiger partial charge in [0.1, 0.15) is 23.4 Å². The van der Waals surface area contributed by atoms with Crippen LogP contribution in [0, 0.1) is 18.3 Å². The van der Waals surface area contributed by atoms with Gasteiger partial charge in [-0.15, -0.1) is 0 Å². The van der Waals surface area contributed by atoms with Gasteiger partial charge in [0.15, 0.2) is 5.56 Å². The Bertz CT molecular complexity index is 1010. The van der Waals surface area contributed by atoms with E-state index in [2.05, 4.69) is 5.32 Å². The van der Waals surface area contributed by atoms with Crippen LogP contribution in [-0.4, -0.2) is 27.0 Å². The van der Waals surface area contributed by atoms with Gasteiger partial charge in [0.2, 0.25) is 5.60 Å². The van der Waals surface area contributed by atoms with E-state index < -0.39 is 47.3 Å². The lowest BCUT2D eigenvalue weighted by atomic mass is 9.95. The van der Waals surface area contributed by atoms with Crippen LogP contribution in [0.5, 0.6) is 0 Å². The largest absolute Gasteiger partial charge is 0.463 e. The van der Waals surface area contributed by atoms with Crippen molar-refractivity contribution in [1.82, 2.24) is 9.13 Å². The monoisotopic (exact) mass is 386 g/mol. The van der Waals surface area contributed by atoms with Gasteiger partial charge in [0.25, 0.3) is 5.56 Å². The second-order valence-electron chi connectivity index (χ2n) is 5.99. The molecule has 0 radical (unpaired) electrons. The van der Waals surface area contributed by atoms with Gasteiger partial charge >= 0.3 is 11.9 Å². The summed E-state index contributed by atoms with van der Waals surface area (Å²) in [5.74, 6) is -0.709. The highest BCUT2D eigenvalue weighted by atomic mass is 19.4. The molecule has 0 aliphatic rings. The first-order valence-electron chi connectivity index (χ1n) is 7.74. The maximum Gasteiger partial charge on any atom is 0.424 e. The van der Waals surface area contributed by atoms with Crippen LogP contribution < -0.4 is 16.6 Å². The minimum absolute atomic E-state index is 0.196. The number of aryl methyl sites for hydroxylation is 1. The van der Waals surface area contributed by atoms with Gasteiger partial charge in [-0.25, -0.2) is 4.79 Å². The van der Waals surface area contributed by atoms with Crippen LogP contribution in [0.1, 0.15) is 23.5 Å². The Balaban J connectivity index is 2.36. The number of aliphatic hydroxyl groups is 1. The molecule has 0 unspecified atom stereocenters. The van der Waals surface area contributed by atoms with E-state index in [-0.39, 0.29) is 11.6 Å². The zero-order valence-corrected chi connectivity index (χ0v) is 14.7. The molecule has 0 aliphatic carbocycles. The summed E-state index contributed by atoms with van der Waals surface area (Å²) in [7, 11) is 2.44. The van der Waals surface area contributed by atoms with E-state index in [1.165, 1.54) is 27.1 Å². The Morgan fingerprint density at radius 1 is 1.26 bits per heavy atom. The molecule has 0 aromatic carbocycles. The molecule has 0 aliphatic heterocycles. The second-order valence-corrected chi connectivity index (χ2v) is 5.99. The molecule has 8 nitrogen and oxygen atoms in total. The molecule has 146 valence electrons. The van der Waals surface area contributed by atoms with Crippen molar-refractivity contribution in [1.29, 1.82) is 5.26 Å². The van der Waals surface area contributed by atoms with Gasteiger partial charge in [-0.3, -0.25) is 13.9 Å². The molecular weight excluding hydrogens is 369 g/mol. The second kappa shape index (κ2) is 6.96. The van der Waals surface area contributed by atoms with Gasteiger partial charge in [0.05, 0.1) is 0 Å². The summed E-state index contributed by atoms with van der Waals surface area (Å²) < 4.78 is 46.9. The molecule has 1 atom stereocenters. The number of halogens is 3. The highest BCUT2D eigenvalue weighted by Crippen LogP contribution is 2.42. The summed E-state index contributed by atoms with van der Waals surface area (Å²) in [5, 5.41) is 21.8. The topological polar surface area (TPSA) is 113 Å². The normalized spacial score (nSPS) is 13.9. The van der Waals surface area contributed by atoms with Crippen molar-refractivity contribution < 1.29 is 22.7 Å². The number of alkyl halides is 3. The van der Waals surface area contributed by atoms with Crippen molar-refractivity contribution in [3.8, 4) is 6.07 Å². The summed E-state index contributed by atoms with van der Waals surface area (Å²) in [6.45, 7) is 0.943. The highest BCUT2D eigenvalue weighted by Gasteiger charge is 2.56. The van der Waals surface area contributed by atoms with Crippen molar-refractivity contribution in [3.05, 3.63) is 50.1 Å². The molecule has 0 fully saturated rings. The summed E-state index contributed by atoms with van der Waals surface area (Å²) in [4.78, 5) is 23.9. The van der Waals surface area contributed by atoms with Crippen LogP contribution in [0.4, 0.5) is 19.0 Å². The third-order valence-corrected chi connectivity index (χ3v) is 4.17. The number of rotatable bonds is 5. The maximum absolute atomic E-state index is 13.4. The number of furan rings is 1. The maximum atomic E-state index is 13.4. The van der Waals surface area contributed by atoms with Crippen LogP contribution in [0.15, 0.2) is 26.1 Å². The summed E-state index contributed by atoms with van der Waals surface area (Å²) in [6.07, 6.45) is -5.91. The number of nitrogens with one attached hydrogen (secondary N) is 1. The van der Waals surface area contributed by atoms with Crippen molar-refractivity contribution in [2.75, 3.05) is 11.9 Å². The van der Waals surface area contributed by atoms with Crippen LogP contribution in [0.3, 0.4) is 0 Å². The van der Waals surface area contributed by atoms with E-state index in [9.17, 15) is 27.9 Å². The quantitative estimate of drug-likeness (QED) is 0.796. The molecule has 0 bridgehead atoms. The Kier molecular flexibility index (Phi) is 5.23. The van der Waals surface area contributed by atoms with Crippen LogP contribution in [-0.2, 0) is 19.7 Å². The molecule has 0 saturated heterocycles. The van der Waals surface area contributed by atoms with E-state index in [0.717, 1.165) is 10.6 Å². The lowest BCUT2D eigenvalue weighted by Crippen LogP contribution is -2.44. The van der Waals surface area contributed by atoms with E-state index in [1.807, 2.05) is 0 Å². The first kappa shape index (κ1) is 20.3. The van der Waals surface area contributed by atoms with Crippen LogP contribution in [0.25, 0.3) is 0 Å². The molecule has 2 rings (SSSR count). The van der Waals surface area contributed by atoms with E-state index >= 15 is 0 Å². The molecule has 2 aromatic rings. The van der Waals surface area contributed by atoms with Gasteiger partial charge in [-0.05, 0) is 19.1 Å². The molecular formula is C16H17F3N4O4. The number of anilines is 1. The van der Waals surface area contributed by atoms with Gasteiger partial charge < -0.3 is 14.8 Å². The SMILES string of the molecule is Cc1ccc([C@@](O)(CCNc2c(C#N)c(=O)n(C)c(=O)n2C)C(F)(F)F)o1. The number of nitriles is 1. The summed E-state index contributed by atoms with van der Waals surface area (Å²) in [5.41, 5.74) is -5.34. The fourth-order valence-corrected chi connectivity index (χ4v) is 2.58. The number of hydrogen-bond acceptors (Lipinski definition) is 6. The number of aromatic nitrogens is 2. The first-order valence-corrected chi connectivity index (χ1v) is 7.74. The lowest BCUT2D eigenvalue weighted by Gasteiger charge is -2.29. The fraction of sp³-hybridized carbons (Fsp3) is 0.438. The van der Waals surface area contributed by atoms with Gasteiger partial charge in [-0.1, -0.05) is 0 Å². The first-order chi connectivity index (χ1) is 12.4. The van der Waals surface area contributed by atoms with Crippen molar-refractivity contribution >= 4 is 5.82 Å². The van der Waals surface area contributed by atoms with Crippen molar-refractivity contribution in [3.63, 3.8) is 0 Å². The Morgan fingerprint density at radius 3 is 2.37 bits per heavy atom. The molecule has 2 aromatic heterocycles. The molecule has 0 spiro atoms. The molecule has 2 heterocycles. The minimum atomic E-state index is -5.03. The smallest absolute Gasteiger partial charge is 0.424 e. The van der Waals surface area contributed by atoms with Crippen molar-refractivity contribution in [2.45, 2.75) is 25.1 Å². The van der Waals surface area contributed by atoms with Crippen molar-refractivity contribution in [2.24, 2.45) is 14.1 Å². The Morgan fingerprint density at radius 2 is 1.89 bits per heavy atom. The zero-order chi connectivity index (χ0) is 20.6. The number of nitrogens with zero attached hydrogens (tertiary/aromatic N) is 3. The molecule has 2 N–H and O–H groups in total. The fourth-order valence-electron chi connectivity index (χ4n) is 2.58. The zero-order valence-electron chi connectivity index (χ0n) is 14.7. The Labute approximate surface area is 151 Å². The summed E-state index contributed by atoms with van der Waals surface area (Å²) in [6, 6.07) is 3.94. The molecule has 0 amide bonds. The highest BCUT2D eigenvalue weighted by molar-refractivity contribution is 5.51. The van der Waals surface area contributed by atoms with Gasteiger partial charge in [-0.2, -0.15) is 18.4 Å². The molecule has 11 heteroatoms. The average Bonchev–Trinajstić information content (AvgIpc) is 3.03. The lowest BCUT2D eigenvalue weighted by molar-refractivity contribution is -0.274.